The second-order valence-electron chi connectivity index (χ2n) is 5.26. The van der Waals surface area contributed by atoms with E-state index >= 15 is 0 Å². The number of nitrogens with zero attached hydrogens (tertiary/aromatic N) is 5. The van der Waals surface area contributed by atoms with Gasteiger partial charge in [-0.1, -0.05) is 12.1 Å². The molecule has 3 rings (SSSR count). The Labute approximate surface area is 128 Å². The molecule has 112 valence electrons. The van der Waals surface area contributed by atoms with Gasteiger partial charge in [0.2, 0.25) is 0 Å². The Kier molecular flexibility index (Phi) is 3.94. The minimum Gasteiger partial charge on any atom is -0.506 e. The summed E-state index contributed by atoms with van der Waals surface area (Å²) in [6.45, 7) is 4.34. The first kappa shape index (κ1) is 14.1. The summed E-state index contributed by atoms with van der Waals surface area (Å²) in [6.07, 6.45) is 1.74. The van der Waals surface area contributed by atoms with Gasteiger partial charge in [0, 0.05) is 33.2 Å². The number of phenols is 1. The van der Waals surface area contributed by atoms with Gasteiger partial charge in [-0.15, -0.1) is 0 Å². The highest BCUT2D eigenvalue weighted by molar-refractivity contribution is 7.71. The lowest BCUT2D eigenvalue weighted by molar-refractivity contribution is 0.194. The van der Waals surface area contributed by atoms with Gasteiger partial charge in [-0.2, -0.15) is 5.10 Å². The molecule has 1 saturated heterocycles. The van der Waals surface area contributed by atoms with Crippen LogP contribution in [0.4, 0.5) is 5.69 Å². The predicted octanol–water partition coefficient (Wildman–Crippen LogP) is 1.44. The lowest BCUT2D eigenvalue weighted by Gasteiger charge is -2.36. The summed E-state index contributed by atoms with van der Waals surface area (Å²) in [5, 5.41) is 14.2. The number of para-hydroxylation sites is 2. The Bertz CT molecular complexity index is 672. The monoisotopic (exact) mass is 305 g/mol. The summed E-state index contributed by atoms with van der Waals surface area (Å²) in [7, 11) is 1.90. The minimum atomic E-state index is 0.345. The summed E-state index contributed by atoms with van der Waals surface area (Å²) in [5.74, 6) is 0.345. The molecule has 2 heterocycles. The van der Waals surface area contributed by atoms with Gasteiger partial charge in [-0.3, -0.25) is 4.90 Å². The predicted molar refractivity (Wildman–Crippen MR) is 83.9 cm³/mol. The van der Waals surface area contributed by atoms with Crippen LogP contribution >= 0.6 is 12.2 Å². The van der Waals surface area contributed by atoms with Crippen molar-refractivity contribution in [2.75, 3.05) is 31.1 Å². The minimum absolute atomic E-state index is 0.345. The molecular weight excluding hydrogens is 286 g/mol. The highest BCUT2D eigenvalue weighted by atomic mass is 32.1. The molecule has 1 aliphatic heterocycles. The quantitative estimate of drug-likeness (QED) is 0.870. The van der Waals surface area contributed by atoms with Gasteiger partial charge in [0.25, 0.3) is 0 Å². The molecule has 1 aromatic carbocycles. The molecule has 1 aromatic heterocycles. The van der Waals surface area contributed by atoms with Crippen LogP contribution in [0.3, 0.4) is 0 Å². The second-order valence-corrected chi connectivity index (χ2v) is 5.62. The van der Waals surface area contributed by atoms with Crippen LogP contribution in [0.1, 0.15) is 0 Å². The molecule has 0 amide bonds. The van der Waals surface area contributed by atoms with E-state index in [4.69, 9.17) is 12.2 Å². The van der Waals surface area contributed by atoms with Crippen LogP contribution in [0, 0.1) is 4.77 Å². The number of hydrogen-bond acceptors (Lipinski definition) is 5. The summed E-state index contributed by atoms with van der Waals surface area (Å²) in [6, 6.07) is 7.49. The molecule has 0 radical (unpaired) electrons. The first-order valence-corrected chi connectivity index (χ1v) is 7.40. The molecular formula is C14H19N5OS. The van der Waals surface area contributed by atoms with Gasteiger partial charge in [-0.05, 0) is 24.4 Å². The van der Waals surface area contributed by atoms with E-state index in [9.17, 15) is 5.11 Å². The number of rotatable bonds is 3. The number of aromatic nitrogens is 3. The summed E-state index contributed by atoms with van der Waals surface area (Å²) >= 11 is 5.31. The topological polar surface area (TPSA) is 49.5 Å². The van der Waals surface area contributed by atoms with E-state index in [-0.39, 0.29) is 0 Å². The summed E-state index contributed by atoms with van der Waals surface area (Å²) in [4.78, 5) is 4.53. The molecule has 0 atom stereocenters. The maximum atomic E-state index is 9.92. The third-order valence-corrected chi connectivity index (χ3v) is 4.31. The molecule has 0 bridgehead atoms. The molecule has 0 unspecified atom stereocenters. The van der Waals surface area contributed by atoms with E-state index in [1.807, 2.05) is 34.5 Å². The number of aryl methyl sites for hydroxylation is 1. The van der Waals surface area contributed by atoms with Crippen molar-refractivity contribution in [3.8, 4) is 5.75 Å². The van der Waals surface area contributed by atoms with Crippen molar-refractivity contribution >= 4 is 17.9 Å². The first-order chi connectivity index (χ1) is 10.1. The maximum absolute atomic E-state index is 9.92. The zero-order valence-electron chi connectivity index (χ0n) is 12.0. The molecule has 7 heteroatoms. The average Bonchev–Trinajstić information content (AvgIpc) is 2.81. The van der Waals surface area contributed by atoms with Crippen molar-refractivity contribution in [3.05, 3.63) is 35.4 Å². The maximum Gasteiger partial charge on any atom is 0.198 e. The van der Waals surface area contributed by atoms with Gasteiger partial charge < -0.3 is 14.6 Å². The van der Waals surface area contributed by atoms with Crippen molar-refractivity contribution in [2.45, 2.75) is 6.67 Å². The van der Waals surface area contributed by atoms with Crippen molar-refractivity contribution in [2.24, 2.45) is 7.05 Å². The molecule has 1 fully saturated rings. The smallest absolute Gasteiger partial charge is 0.198 e. The van der Waals surface area contributed by atoms with Gasteiger partial charge >= 0.3 is 0 Å². The van der Waals surface area contributed by atoms with E-state index in [1.165, 1.54) is 0 Å². The van der Waals surface area contributed by atoms with Crippen LogP contribution in [0.25, 0.3) is 0 Å². The van der Waals surface area contributed by atoms with Gasteiger partial charge in [-0.25, -0.2) is 4.68 Å². The first-order valence-electron chi connectivity index (χ1n) is 6.99. The van der Waals surface area contributed by atoms with Gasteiger partial charge in [0.1, 0.15) is 12.1 Å². The molecule has 21 heavy (non-hydrogen) atoms. The molecule has 1 N–H and O–H groups in total. The van der Waals surface area contributed by atoms with Crippen LogP contribution in [-0.4, -0.2) is 50.5 Å². The summed E-state index contributed by atoms with van der Waals surface area (Å²) in [5.41, 5.74) is 0.909. The highest BCUT2D eigenvalue weighted by Gasteiger charge is 2.19. The fourth-order valence-electron chi connectivity index (χ4n) is 2.57. The molecule has 2 aromatic rings. The van der Waals surface area contributed by atoms with E-state index in [0.29, 0.717) is 12.4 Å². The number of anilines is 1. The Balaban J connectivity index is 1.62. The van der Waals surface area contributed by atoms with Crippen LogP contribution in [-0.2, 0) is 13.7 Å². The number of phenolic OH excluding ortho intramolecular Hbond substituents is 1. The Morgan fingerprint density at radius 2 is 1.90 bits per heavy atom. The number of hydrogen-bond donors (Lipinski definition) is 1. The van der Waals surface area contributed by atoms with Crippen LogP contribution in [0.15, 0.2) is 30.6 Å². The zero-order chi connectivity index (χ0) is 14.8. The Morgan fingerprint density at radius 3 is 2.52 bits per heavy atom. The second kappa shape index (κ2) is 5.87. The highest BCUT2D eigenvalue weighted by Crippen LogP contribution is 2.27. The van der Waals surface area contributed by atoms with Crippen molar-refractivity contribution in [3.63, 3.8) is 0 Å². The van der Waals surface area contributed by atoms with E-state index in [2.05, 4.69) is 14.9 Å². The van der Waals surface area contributed by atoms with Crippen molar-refractivity contribution < 1.29 is 5.11 Å². The molecule has 0 aliphatic carbocycles. The Hall–Kier alpha value is -1.86. The lowest BCUT2D eigenvalue weighted by Crippen LogP contribution is -2.47. The van der Waals surface area contributed by atoms with Crippen molar-refractivity contribution in [1.82, 2.24) is 19.2 Å². The van der Waals surface area contributed by atoms with Gasteiger partial charge in [0.05, 0.1) is 12.4 Å². The number of piperazine rings is 1. The SMILES string of the molecule is Cn1cnn(CN2CCN(c3ccccc3O)CC2)c1=S. The Morgan fingerprint density at radius 1 is 1.19 bits per heavy atom. The van der Waals surface area contributed by atoms with Crippen LogP contribution in [0.2, 0.25) is 0 Å². The molecule has 0 saturated carbocycles. The van der Waals surface area contributed by atoms with E-state index < -0.39 is 0 Å². The third kappa shape index (κ3) is 2.93. The molecule has 1 aliphatic rings. The summed E-state index contributed by atoms with van der Waals surface area (Å²) < 4.78 is 4.41. The fourth-order valence-corrected chi connectivity index (χ4v) is 2.72. The average molecular weight is 305 g/mol. The molecule has 0 spiro atoms. The van der Waals surface area contributed by atoms with Crippen LogP contribution in [0.5, 0.6) is 5.75 Å². The molecule has 6 nitrogen and oxygen atoms in total. The number of benzene rings is 1. The third-order valence-electron chi connectivity index (χ3n) is 3.82. The number of aromatic hydroxyl groups is 1. The van der Waals surface area contributed by atoms with E-state index in [1.54, 1.807) is 12.4 Å². The van der Waals surface area contributed by atoms with Crippen LogP contribution < -0.4 is 4.90 Å². The van der Waals surface area contributed by atoms with Crippen molar-refractivity contribution in [1.29, 1.82) is 0 Å². The lowest BCUT2D eigenvalue weighted by atomic mass is 10.2. The standard InChI is InChI=1S/C14H19N5OS/c1-16-10-15-19(14(16)21)11-17-6-8-18(9-7-17)12-4-2-3-5-13(12)20/h2-5,10,20H,6-9,11H2,1H3. The van der Waals surface area contributed by atoms with E-state index in [0.717, 1.165) is 36.6 Å². The largest absolute Gasteiger partial charge is 0.506 e. The normalized spacial score (nSPS) is 16.3. The zero-order valence-corrected chi connectivity index (χ0v) is 12.8. The fraction of sp³-hybridized carbons (Fsp3) is 0.429. The van der Waals surface area contributed by atoms with Gasteiger partial charge in [0.15, 0.2) is 4.77 Å².